The Labute approximate surface area is 124 Å². The summed E-state index contributed by atoms with van der Waals surface area (Å²) >= 11 is 0. The molecule has 1 aromatic carbocycles. The van der Waals surface area contributed by atoms with Crippen molar-refractivity contribution in [2.24, 2.45) is 4.40 Å². The first-order valence-corrected chi connectivity index (χ1v) is 8.62. The SMILES string of the molecule is C[C@H](O)C[NH+]1CCN(C2=NS(=O)(=O)c3ccccc32)CC1. The Morgan fingerprint density at radius 2 is 2.00 bits per heavy atom. The minimum absolute atomic E-state index is 0.304. The molecule has 0 radical (unpaired) electrons. The molecule has 0 spiro atoms. The normalized spacial score (nSPS) is 22.8. The van der Waals surface area contributed by atoms with E-state index in [1.165, 1.54) is 4.90 Å². The molecular formula is C14H20N3O3S+. The lowest BCUT2D eigenvalue weighted by Gasteiger charge is -2.33. The number of aliphatic hydroxyl groups excluding tert-OH is 1. The molecule has 1 saturated heterocycles. The number of nitrogens with one attached hydrogen (secondary N) is 1. The molecule has 2 aliphatic heterocycles. The van der Waals surface area contributed by atoms with E-state index in [1.54, 1.807) is 19.1 Å². The number of hydrogen-bond donors (Lipinski definition) is 2. The average molecular weight is 310 g/mol. The summed E-state index contributed by atoms with van der Waals surface area (Å²) < 4.78 is 28.1. The van der Waals surface area contributed by atoms with Gasteiger partial charge >= 0.3 is 0 Å². The molecular weight excluding hydrogens is 290 g/mol. The van der Waals surface area contributed by atoms with E-state index in [9.17, 15) is 13.5 Å². The van der Waals surface area contributed by atoms with Gasteiger partial charge in [0.15, 0.2) is 5.84 Å². The zero-order chi connectivity index (χ0) is 15.0. The minimum atomic E-state index is -3.54. The van der Waals surface area contributed by atoms with Crippen molar-refractivity contribution >= 4 is 15.9 Å². The number of aliphatic hydroxyl groups is 1. The van der Waals surface area contributed by atoms with Gasteiger partial charge in [-0.3, -0.25) is 0 Å². The van der Waals surface area contributed by atoms with Gasteiger partial charge in [-0.15, -0.1) is 4.40 Å². The molecule has 2 heterocycles. The zero-order valence-electron chi connectivity index (χ0n) is 12.0. The van der Waals surface area contributed by atoms with Gasteiger partial charge < -0.3 is 14.9 Å². The second-order valence-corrected chi connectivity index (χ2v) is 7.25. The zero-order valence-corrected chi connectivity index (χ0v) is 12.8. The number of quaternary nitrogens is 1. The van der Waals surface area contributed by atoms with E-state index in [0.29, 0.717) is 16.3 Å². The van der Waals surface area contributed by atoms with E-state index >= 15 is 0 Å². The predicted octanol–water partition coefficient (Wildman–Crippen LogP) is -1.28. The Balaban J connectivity index is 1.78. The van der Waals surface area contributed by atoms with E-state index in [4.69, 9.17) is 0 Å². The van der Waals surface area contributed by atoms with Gasteiger partial charge in [-0.2, -0.15) is 8.42 Å². The molecule has 1 fully saturated rings. The number of piperazine rings is 1. The number of nitrogens with zero attached hydrogens (tertiary/aromatic N) is 2. The summed E-state index contributed by atoms with van der Waals surface area (Å²) in [5.74, 6) is 0.571. The molecule has 1 aromatic rings. The lowest BCUT2D eigenvalue weighted by Crippen LogP contribution is -3.15. The number of amidine groups is 1. The lowest BCUT2D eigenvalue weighted by molar-refractivity contribution is -0.906. The van der Waals surface area contributed by atoms with Crippen molar-refractivity contribution < 1.29 is 18.4 Å². The average Bonchev–Trinajstić information content (AvgIpc) is 2.72. The topological polar surface area (TPSA) is 74.4 Å². The summed E-state index contributed by atoms with van der Waals surface area (Å²) in [6, 6.07) is 6.98. The van der Waals surface area contributed by atoms with Crippen LogP contribution in [0.5, 0.6) is 0 Å². The Bertz CT molecular complexity index is 662. The first-order chi connectivity index (χ1) is 9.97. The fraction of sp³-hybridized carbons (Fsp3) is 0.500. The number of sulfonamides is 1. The third-order valence-corrected chi connectivity index (χ3v) is 5.29. The largest absolute Gasteiger partial charge is 0.388 e. The first kappa shape index (κ1) is 14.5. The molecule has 0 aliphatic carbocycles. The molecule has 7 heteroatoms. The molecule has 6 nitrogen and oxygen atoms in total. The maximum absolute atomic E-state index is 12.1. The Morgan fingerprint density at radius 1 is 1.33 bits per heavy atom. The van der Waals surface area contributed by atoms with Crippen molar-refractivity contribution in [3.8, 4) is 0 Å². The highest BCUT2D eigenvalue weighted by atomic mass is 32.2. The van der Waals surface area contributed by atoms with Gasteiger partial charge in [0, 0.05) is 5.56 Å². The van der Waals surface area contributed by atoms with Crippen LogP contribution in [-0.4, -0.2) is 63.1 Å². The Kier molecular flexibility index (Phi) is 3.73. The van der Waals surface area contributed by atoms with Crippen LogP contribution in [0.15, 0.2) is 33.6 Å². The highest BCUT2D eigenvalue weighted by Crippen LogP contribution is 2.27. The maximum atomic E-state index is 12.1. The maximum Gasteiger partial charge on any atom is 0.285 e. The summed E-state index contributed by atoms with van der Waals surface area (Å²) in [5, 5.41) is 9.44. The number of hydrogen-bond acceptors (Lipinski definition) is 4. The van der Waals surface area contributed by atoms with Crippen molar-refractivity contribution in [1.29, 1.82) is 0 Å². The third kappa shape index (κ3) is 2.81. The van der Waals surface area contributed by atoms with Crippen LogP contribution >= 0.6 is 0 Å². The highest BCUT2D eigenvalue weighted by Gasteiger charge is 2.33. The fourth-order valence-corrected chi connectivity index (χ4v) is 4.20. The van der Waals surface area contributed by atoms with Crippen LogP contribution < -0.4 is 4.90 Å². The van der Waals surface area contributed by atoms with Gasteiger partial charge in [0.1, 0.15) is 17.5 Å². The van der Waals surface area contributed by atoms with Crippen molar-refractivity contribution in [3.05, 3.63) is 29.8 Å². The quantitative estimate of drug-likeness (QED) is 0.713. The van der Waals surface area contributed by atoms with Gasteiger partial charge in [-0.05, 0) is 19.1 Å². The molecule has 0 bridgehead atoms. The Hall–Kier alpha value is -1.44. The van der Waals surface area contributed by atoms with Crippen molar-refractivity contribution in [3.63, 3.8) is 0 Å². The van der Waals surface area contributed by atoms with E-state index < -0.39 is 10.0 Å². The second-order valence-electron chi connectivity index (χ2n) is 5.68. The van der Waals surface area contributed by atoms with Crippen molar-refractivity contribution in [2.75, 3.05) is 32.7 Å². The van der Waals surface area contributed by atoms with Gasteiger partial charge in [0.05, 0.1) is 26.2 Å². The third-order valence-electron chi connectivity index (χ3n) is 3.97. The van der Waals surface area contributed by atoms with Crippen LogP contribution in [0.1, 0.15) is 12.5 Å². The molecule has 21 heavy (non-hydrogen) atoms. The van der Waals surface area contributed by atoms with E-state index in [-0.39, 0.29) is 6.10 Å². The van der Waals surface area contributed by atoms with Crippen LogP contribution in [0.3, 0.4) is 0 Å². The molecule has 2 aliphatic rings. The molecule has 0 aromatic heterocycles. The smallest absolute Gasteiger partial charge is 0.285 e. The van der Waals surface area contributed by atoms with Crippen LogP contribution in [0, 0.1) is 0 Å². The number of fused-ring (bicyclic) bond motifs is 1. The molecule has 0 amide bonds. The van der Waals surface area contributed by atoms with E-state index in [0.717, 1.165) is 32.7 Å². The van der Waals surface area contributed by atoms with Crippen molar-refractivity contribution in [2.45, 2.75) is 17.9 Å². The van der Waals surface area contributed by atoms with Crippen LogP contribution in [0.2, 0.25) is 0 Å². The van der Waals surface area contributed by atoms with Gasteiger partial charge in [-0.25, -0.2) is 0 Å². The summed E-state index contributed by atoms with van der Waals surface area (Å²) in [7, 11) is -3.54. The standard InChI is InChI=1S/C14H19N3O3S/c1-11(18)10-16-6-8-17(9-7-16)14-12-4-2-3-5-13(12)21(19,20)15-14/h2-5,11,18H,6-10H2,1H3/p+1/t11-/m0/s1. The molecule has 3 rings (SSSR count). The predicted molar refractivity (Wildman–Crippen MR) is 79.0 cm³/mol. The first-order valence-electron chi connectivity index (χ1n) is 7.18. The van der Waals surface area contributed by atoms with Crippen molar-refractivity contribution in [1.82, 2.24) is 4.90 Å². The minimum Gasteiger partial charge on any atom is -0.388 e. The number of benzene rings is 1. The molecule has 114 valence electrons. The van der Waals surface area contributed by atoms with Gasteiger partial charge in [0.2, 0.25) is 0 Å². The highest BCUT2D eigenvalue weighted by molar-refractivity contribution is 7.90. The Morgan fingerprint density at radius 3 is 2.67 bits per heavy atom. The van der Waals surface area contributed by atoms with Crippen LogP contribution in [-0.2, 0) is 10.0 Å². The van der Waals surface area contributed by atoms with Gasteiger partial charge in [0.25, 0.3) is 10.0 Å². The lowest BCUT2D eigenvalue weighted by atomic mass is 10.1. The molecule has 0 unspecified atom stereocenters. The van der Waals surface area contributed by atoms with Crippen LogP contribution in [0.4, 0.5) is 0 Å². The van der Waals surface area contributed by atoms with Crippen LogP contribution in [0.25, 0.3) is 0 Å². The summed E-state index contributed by atoms with van der Waals surface area (Å²) in [5.41, 5.74) is 0.705. The molecule has 2 N–H and O–H groups in total. The second kappa shape index (κ2) is 5.40. The number of rotatable bonds is 2. The monoisotopic (exact) mass is 310 g/mol. The van der Waals surface area contributed by atoms with E-state index in [1.807, 2.05) is 17.0 Å². The van der Waals surface area contributed by atoms with E-state index in [2.05, 4.69) is 4.40 Å². The molecule has 0 saturated carbocycles. The summed E-state index contributed by atoms with van der Waals surface area (Å²) in [4.78, 5) is 3.68. The summed E-state index contributed by atoms with van der Waals surface area (Å²) in [6.07, 6.45) is -0.309. The summed E-state index contributed by atoms with van der Waals surface area (Å²) in [6.45, 7) is 5.80. The fourth-order valence-electron chi connectivity index (χ4n) is 2.97. The molecule has 1 atom stereocenters. The van der Waals surface area contributed by atoms with Gasteiger partial charge in [-0.1, -0.05) is 12.1 Å².